The van der Waals surface area contributed by atoms with Crippen LogP contribution in [0, 0.1) is 6.92 Å². The summed E-state index contributed by atoms with van der Waals surface area (Å²) >= 11 is 12.1. The third kappa shape index (κ3) is 6.24. The Labute approximate surface area is 238 Å². The van der Waals surface area contributed by atoms with Gasteiger partial charge in [0.15, 0.2) is 0 Å². The van der Waals surface area contributed by atoms with E-state index >= 15 is 0 Å². The molecule has 1 saturated heterocycles. The van der Waals surface area contributed by atoms with Crippen molar-refractivity contribution in [1.29, 1.82) is 0 Å². The molecule has 1 aliphatic heterocycles. The van der Waals surface area contributed by atoms with Gasteiger partial charge in [-0.3, -0.25) is 9.59 Å². The van der Waals surface area contributed by atoms with E-state index in [9.17, 15) is 14.4 Å². The van der Waals surface area contributed by atoms with E-state index in [1.165, 1.54) is 0 Å². The third-order valence-corrected chi connectivity index (χ3v) is 7.65. The van der Waals surface area contributed by atoms with Crippen molar-refractivity contribution in [2.75, 3.05) is 58.3 Å². The maximum Gasteiger partial charge on any atom is 0.345 e. The average Bonchev–Trinajstić information content (AvgIpc) is 2.90. The van der Waals surface area contributed by atoms with E-state index < -0.39 is 5.97 Å². The van der Waals surface area contributed by atoms with Gasteiger partial charge >= 0.3 is 5.97 Å². The zero-order valence-corrected chi connectivity index (χ0v) is 24.3. The molecule has 1 fully saturated rings. The molecule has 1 aromatic heterocycles. The second kappa shape index (κ2) is 12.4. The van der Waals surface area contributed by atoms with Crippen LogP contribution < -0.4 is 10.5 Å². The molecule has 4 rings (SSSR count). The number of amides is 1. The molecule has 2 aromatic carbocycles. The molecule has 0 unspecified atom stereocenters. The molecule has 0 radical (unpaired) electrons. The van der Waals surface area contributed by atoms with Gasteiger partial charge in [0, 0.05) is 43.7 Å². The fourth-order valence-corrected chi connectivity index (χ4v) is 5.28. The Morgan fingerprint density at radius 2 is 1.72 bits per heavy atom. The summed E-state index contributed by atoms with van der Waals surface area (Å²) in [7, 11) is 3.98. The van der Waals surface area contributed by atoms with Gasteiger partial charge in [0.1, 0.15) is 5.56 Å². The summed E-state index contributed by atoms with van der Waals surface area (Å²) in [5.74, 6) is -0.771. The van der Waals surface area contributed by atoms with Crippen LogP contribution in [0.2, 0.25) is 10.0 Å². The van der Waals surface area contributed by atoms with E-state index in [1.807, 2.05) is 44.1 Å². The molecule has 0 atom stereocenters. The number of carbonyl (C=O) groups is 2. The summed E-state index contributed by atoms with van der Waals surface area (Å²) < 4.78 is 7.07. The fraction of sp³-hybridized carbons (Fsp3) is 0.414. The predicted octanol–water partition coefficient (Wildman–Crippen LogP) is 4.71. The number of rotatable bonds is 8. The lowest BCUT2D eigenvalue weighted by Gasteiger charge is -2.37. The molecule has 0 bridgehead atoms. The summed E-state index contributed by atoms with van der Waals surface area (Å²) in [5.41, 5.74) is 2.53. The molecule has 0 spiro atoms. The first-order chi connectivity index (χ1) is 18.6. The van der Waals surface area contributed by atoms with Gasteiger partial charge < -0.3 is 24.0 Å². The molecule has 3 aromatic rings. The Morgan fingerprint density at radius 3 is 2.36 bits per heavy atom. The molecule has 2 heterocycles. The molecule has 39 heavy (non-hydrogen) atoms. The molecular weight excluding hydrogens is 539 g/mol. The molecule has 1 amide bonds. The van der Waals surface area contributed by atoms with Crippen LogP contribution in [0.3, 0.4) is 0 Å². The highest BCUT2D eigenvalue weighted by molar-refractivity contribution is 6.42. The number of hydrogen-bond acceptors (Lipinski definition) is 6. The van der Waals surface area contributed by atoms with Gasteiger partial charge in [0.25, 0.3) is 11.5 Å². The highest BCUT2D eigenvalue weighted by Gasteiger charge is 2.30. The first kappa shape index (κ1) is 28.9. The number of aryl methyl sites for hydroxylation is 2. The number of carbonyl (C=O) groups excluding carboxylic acids is 2. The van der Waals surface area contributed by atoms with Gasteiger partial charge in [-0.2, -0.15) is 0 Å². The lowest BCUT2D eigenvalue weighted by atomic mass is 10.0. The largest absolute Gasteiger partial charge is 0.462 e. The number of esters is 1. The summed E-state index contributed by atoms with van der Waals surface area (Å²) in [6, 6.07) is 10.8. The van der Waals surface area contributed by atoms with Crippen molar-refractivity contribution >= 4 is 51.7 Å². The van der Waals surface area contributed by atoms with Crippen LogP contribution >= 0.6 is 23.2 Å². The lowest BCUT2D eigenvalue weighted by molar-refractivity contribution is 0.0523. The quantitative estimate of drug-likeness (QED) is 0.364. The van der Waals surface area contributed by atoms with Gasteiger partial charge in [-0.25, -0.2) is 4.79 Å². The minimum atomic E-state index is -0.628. The topological polar surface area (TPSA) is 75.1 Å². The zero-order chi connectivity index (χ0) is 28.3. The Bertz CT molecular complexity index is 1450. The SMILES string of the molecule is CCOC(=O)c1c(N2CCN(C(=O)c3ccc(Cl)c(Cl)c3)CC2)c2cc(C)ccc2n(CCCN(C)C)c1=O. The van der Waals surface area contributed by atoms with E-state index in [1.54, 1.807) is 34.6 Å². The smallest absolute Gasteiger partial charge is 0.345 e. The van der Waals surface area contributed by atoms with Crippen LogP contribution in [0.25, 0.3) is 10.9 Å². The Hall–Kier alpha value is -3.07. The van der Waals surface area contributed by atoms with Crippen molar-refractivity contribution in [1.82, 2.24) is 14.4 Å². The number of aromatic nitrogens is 1. The zero-order valence-electron chi connectivity index (χ0n) is 22.8. The normalized spacial score (nSPS) is 13.8. The van der Waals surface area contributed by atoms with Crippen molar-refractivity contribution in [2.45, 2.75) is 26.8 Å². The van der Waals surface area contributed by atoms with Gasteiger partial charge in [0.05, 0.1) is 27.9 Å². The number of nitrogens with zero attached hydrogens (tertiary/aromatic N) is 4. The number of piperazine rings is 1. The first-order valence-electron chi connectivity index (χ1n) is 13.1. The van der Waals surface area contributed by atoms with Crippen molar-refractivity contribution in [3.05, 3.63) is 73.5 Å². The summed E-state index contributed by atoms with van der Waals surface area (Å²) in [4.78, 5) is 46.1. The predicted molar refractivity (Wildman–Crippen MR) is 157 cm³/mol. The van der Waals surface area contributed by atoms with Crippen LogP contribution in [0.15, 0.2) is 41.2 Å². The van der Waals surface area contributed by atoms with Crippen molar-refractivity contribution in [2.24, 2.45) is 0 Å². The van der Waals surface area contributed by atoms with Crippen LogP contribution in [-0.2, 0) is 11.3 Å². The van der Waals surface area contributed by atoms with Crippen molar-refractivity contribution < 1.29 is 14.3 Å². The molecule has 1 aliphatic rings. The van der Waals surface area contributed by atoms with E-state index in [-0.39, 0.29) is 23.6 Å². The highest BCUT2D eigenvalue weighted by atomic mass is 35.5. The number of halogens is 2. The van der Waals surface area contributed by atoms with Crippen molar-refractivity contribution in [3.63, 3.8) is 0 Å². The number of ether oxygens (including phenoxy) is 1. The third-order valence-electron chi connectivity index (χ3n) is 6.91. The number of hydrogen-bond donors (Lipinski definition) is 0. The van der Waals surface area contributed by atoms with E-state index in [0.29, 0.717) is 54.0 Å². The second-order valence-corrected chi connectivity index (χ2v) is 10.8. The van der Waals surface area contributed by atoms with Crippen LogP contribution in [-0.4, -0.2) is 79.7 Å². The van der Waals surface area contributed by atoms with Crippen LogP contribution in [0.5, 0.6) is 0 Å². The first-order valence-corrected chi connectivity index (χ1v) is 13.9. The minimum absolute atomic E-state index is 0.0454. The number of anilines is 1. The van der Waals surface area contributed by atoms with E-state index in [2.05, 4.69) is 4.90 Å². The van der Waals surface area contributed by atoms with Gasteiger partial charge in [0.2, 0.25) is 0 Å². The highest BCUT2D eigenvalue weighted by Crippen LogP contribution is 2.32. The Balaban J connectivity index is 1.73. The molecular formula is C29H34Cl2N4O4. The van der Waals surface area contributed by atoms with Crippen LogP contribution in [0.1, 0.15) is 39.6 Å². The Morgan fingerprint density at radius 1 is 1.00 bits per heavy atom. The molecule has 0 aliphatic carbocycles. The monoisotopic (exact) mass is 572 g/mol. The van der Waals surface area contributed by atoms with Crippen molar-refractivity contribution in [3.8, 4) is 0 Å². The van der Waals surface area contributed by atoms with E-state index in [0.717, 1.165) is 29.4 Å². The molecule has 8 nitrogen and oxygen atoms in total. The van der Waals surface area contributed by atoms with Gasteiger partial charge in [-0.05, 0) is 71.2 Å². The Kier molecular flexibility index (Phi) is 9.20. The fourth-order valence-electron chi connectivity index (χ4n) is 4.98. The minimum Gasteiger partial charge on any atom is -0.462 e. The number of pyridine rings is 1. The molecule has 0 N–H and O–H groups in total. The maximum atomic E-state index is 13.9. The van der Waals surface area contributed by atoms with Crippen LogP contribution in [0.4, 0.5) is 5.69 Å². The summed E-state index contributed by atoms with van der Waals surface area (Å²) in [6.07, 6.45) is 0.757. The second-order valence-electron chi connectivity index (χ2n) is 9.99. The number of fused-ring (bicyclic) bond motifs is 1. The van der Waals surface area contributed by atoms with Gasteiger partial charge in [-0.1, -0.05) is 34.8 Å². The maximum absolute atomic E-state index is 13.9. The average molecular weight is 574 g/mol. The summed E-state index contributed by atoms with van der Waals surface area (Å²) in [5, 5.41) is 1.54. The number of benzene rings is 2. The lowest BCUT2D eigenvalue weighted by Crippen LogP contribution is -2.49. The van der Waals surface area contributed by atoms with E-state index in [4.69, 9.17) is 27.9 Å². The molecule has 0 saturated carbocycles. The van der Waals surface area contributed by atoms with Gasteiger partial charge in [-0.15, -0.1) is 0 Å². The summed E-state index contributed by atoms with van der Waals surface area (Å²) in [6.45, 7) is 6.91. The molecule has 10 heteroatoms. The standard InChI is InChI=1S/C29H34Cl2N4O4/c1-5-39-29(38)25-26(21-17-19(2)7-10-24(21)35(28(25)37)12-6-11-32(3)4)33-13-15-34(16-14-33)27(36)20-8-9-22(30)23(31)18-20/h7-10,17-18H,5-6,11-16H2,1-4H3. The molecule has 208 valence electrons.